The van der Waals surface area contributed by atoms with Crippen LogP contribution in [0.25, 0.3) is 0 Å². The predicted octanol–water partition coefficient (Wildman–Crippen LogP) is 2.01. The van der Waals surface area contributed by atoms with Crippen molar-refractivity contribution in [3.8, 4) is 0 Å². The summed E-state index contributed by atoms with van der Waals surface area (Å²) in [5.41, 5.74) is 1.17. The molecule has 1 aliphatic rings. The molecule has 1 saturated heterocycles. The van der Waals surface area contributed by atoms with Crippen molar-refractivity contribution in [3.63, 3.8) is 0 Å². The van der Waals surface area contributed by atoms with E-state index in [1.807, 2.05) is 30.3 Å². The van der Waals surface area contributed by atoms with Gasteiger partial charge in [0, 0.05) is 18.8 Å². The Balaban J connectivity index is 2.14. The molecule has 0 N–H and O–H groups in total. The maximum Gasteiger partial charge on any atom is 0.292 e. The smallest absolute Gasteiger partial charge is 0.292 e. The second-order valence-corrected chi connectivity index (χ2v) is 6.54. The molecule has 1 aromatic rings. The van der Waals surface area contributed by atoms with E-state index < -0.39 is 10.1 Å². The van der Waals surface area contributed by atoms with Crippen molar-refractivity contribution >= 4 is 21.9 Å². The minimum absolute atomic E-state index is 0.721. The van der Waals surface area contributed by atoms with Gasteiger partial charge in [-0.1, -0.05) is 30.3 Å². The van der Waals surface area contributed by atoms with E-state index in [1.54, 1.807) is 0 Å². The van der Waals surface area contributed by atoms with Crippen molar-refractivity contribution in [3.05, 3.63) is 46.3 Å². The van der Waals surface area contributed by atoms with Crippen LogP contribution in [0, 0.1) is 0 Å². The maximum absolute atomic E-state index is 11.4. The van der Waals surface area contributed by atoms with Gasteiger partial charge < -0.3 is 4.90 Å². The maximum atomic E-state index is 11.4. The van der Waals surface area contributed by atoms with Crippen molar-refractivity contribution in [2.24, 2.45) is 0 Å². The van der Waals surface area contributed by atoms with Crippen LogP contribution in [0.1, 0.15) is 5.56 Å². The zero-order valence-electron chi connectivity index (χ0n) is 10.1. The summed E-state index contributed by atoms with van der Waals surface area (Å²) in [5.74, 6) is 0.901. The Bertz CT molecular complexity index is 526. The van der Waals surface area contributed by atoms with Gasteiger partial charge in [0.05, 0.1) is 17.5 Å². The van der Waals surface area contributed by atoms with E-state index in [0.29, 0.717) is 0 Å². The molecule has 0 amide bonds. The average molecular weight is 285 g/mol. The SMILES string of the molecule is COS(=O)(=O)/C=C1\SCCN1Cc1ccccc1. The molecule has 0 atom stereocenters. The highest BCUT2D eigenvalue weighted by Crippen LogP contribution is 2.30. The monoisotopic (exact) mass is 285 g/mol. The number of nitrogens with zero attached hydrogens (tertiary/aromatic N) is 1. The Morgan fingerprint density at radius 3 is 2.78 bits per heavy atom. The first-order valence-electron chi connectivity index (χ1n) is 5.55. The standard InChI is InChI=1S/C12H15NO3S2/c1-16-18(14,15)10-12-13(7-8-17-12)9-11-5-3-2-4-6-11/h2-6,10H,7-9H2,1H3/b12-10-. The highest BCUT2D eigenvalue weighted by Gasteiger charge is 2.20. The summed E-state index contributed by atoms with van der Waals surface area (Å²) in [6, 6.07) is 9.99. The largest absolute Gasteiger partial charge is 0.361 e. The molecule has 0 bridgehead atoms. The fourth-order valence-electron chi connectivity index (χ4n) is 1.70. The van der Waals surface area contributed by atoms with Gasteiger partial charge in [0.2, 0.25) is 0 Å². The summed E-state index contributed by atoms with van der Waals surface area (Å²) in [4.78, 5) is 2.05. The summed E-state index contributed by atoms with van der Waals surface area (Å²) in [6.07, 6.45) is 0. The van der Waals surface area contributed by atoms with Gasteiger partial charge in [-0.15, -0.1) is 11.8 Å². The Labute approximate surface area is 112 Å². The lowest BCUT2D eigenvalue weighted by Crippen LogP contribution is -2.18. The van der Waals surface area contributed by atoms with Crippen LogP contribution in [-0.4, -0.2) is 32.7 Å². The lowest BCUT2D eigenvalue weighted by atomic mass is 10.2. The van der Waals surface area contributed by atoms with Crippen molar-refractivity contribution in [1.29, 1.82) is 0 Å². The lowest BCUT2D eigenvalue weighted by molar-refractivity contribution is 0.389. The number of rotatable bonds is 4. The third-order valence-electron chi connectivity index (χ3n) is 2.62. The van der Waals surface area contributed by atoms with Crippen LogP contribution in [0.2, 0.25) is 0 Å². The minimum Gasteiger partial charge on any atom is -0.361 e. The molecule has 1 heterocycles. The van der Waals surface area contributed by atoms with Crippen LogP contribution < -0.4 is 0 Å². The van der Waals surface area contributed by atoms with E-state index in [0.717, 1.165) is 23.9 Å². The molecule has 0 aliphatic carbocycles. The van der Waals surface area contributed by atoms with Crippen LogP contribution in [0.5, 0.6) is 0 Å². The molecule has 0 aromatic heterocycles. The summed E-state index contributed by atoms with van der Waals surface area (Å²) in [7, 11) is -2.38. The van der Waals surface area contributed by atoms with E-state index >= 15 is 0 Å². The molecule has 98 valence electrons. The zero-order chi connectivity index (χ0) is 13.0. The summed E-state index contributed by atoms with van der Waals surface area (Å²) in [6.45, 7) is 1.57. The molecule has 4 nitrogen and oxygen atoms in total. The third-order valence-corrected chi connectivity index (χ3v) is 4.80. The van der Waals surface area contributed by atoms with Crippen LogP contribution in [-0.2, 0) is 20.8 Å². The van der Waals surface area contributed by atoms with Crippen molar-refractivity contribution in [2.45, 2.75) is 6.54 Å². The Morgan fingerprint density at radius 1 is 1.39 bits per heavy atom. The normalized spacial score (nSPS) is 18.5. The molecule has 18 heavy (non-hydrogen) atoms. The Morgan fingerprint density at radius 2 is 2.11 bits per heavy atom. The topological polar surface area (TPSA) is 46.6 Å². The highest BCUT2D eigenvalue weighted by molar-refractivity contribution is 8.04. The quantitative estimate of drug-likeness (QED) is 0.792. The van der Waals surface area contributed by atoms with Crippen molar-refractivity contribution in [2.75, 3.05) is 19.4 Å². The van der Waals surface area contributed by atoms with Gasteiger partial charge in [0.15, 0.2) is 0 Å². The summed E-state index contributed by atoms with van der Waals surface area (Å²) >= 11 is 1.54. The molecular formula is C12H15NO3S2. The van der Waals surface area contributed by atoms with Gasteiger partial charge >= 0.3 is 0 Å². The first-order chi connectivity index (χ1) is 8.61. The molecule has 0 radical (unpaired) electrons. The van der Waals surface area contributed by atoms with E-state index in [1.165, 1.54) is 29.8 Å². The fourth-order valence-corrected chi connectivity index (χ4v) is 3.68. The van der Waals surface area contributed by atoms with E-state index in [2.05, 4.69) is 9.08 Å². The van der Waals surface area contributed by atoms with Crippen LogP contribution in [0.3, 0.4) is 0 Å². The fraction of sp³-hybridized carbons (Fsp3) is 0.333. The highest BCUT2D eigenvalue weighted by atomic mass is 32.2. The van der Waals surface area contributed by atoms with Gasteiger partial charge in [0.25, 0.3) is 10.1 Å². The molecule has 1 aromatic carbocycles. The number of hydrogen-bond acceptors (Lipinski definition) is 5. The van der Waals surface area contributed by atoms with Gasteiger partial charge in [0.1, 0.15) is 0 Å². The molecule has 6 heteroatoms. The van der Waals surface area contributed by atoms with Crippen LogP contribution >= 0.6 is 11.8 Å². The van der Waals surface area contributed by atoms with E-state index in [9.17, 15) is 8.42 Å². The number of thioether (sulfide) groups is 1. The van der Waals surface area contributed by atoms with Gasteiger partial charge in [-0.3, -0.25) is 4.18 Å². The Hall–Kier alpha value is -0.980. The number of hydrogen-bond donors (Lipinski definition) is 0. The minimum atomic E-state index is -3.55. The van der Waals surface area contributed by atoms with E-state index in [4.69, 9.17) is 0 Å². The van der Waals surface area contributed by atoms with Crippen molar-refractivity contribution < 1.29 is 12.6 Å². The zero-order valence-corrected chi connectivity index (χ0v) is 11.7. The second kappa shape index (κ2) is 5.77. The molecule has 0 unspecified atom stereocenters. The summed E-state index contributed by atoms with van der Waals surface area (Å²) in [5, 5.41) is 1.95. The predicted molar refractivity (Wildman–Crippen MR) is 73.3 cm³/mol. The Kier molecular flexibility index (Phi) is 4.31. The van der Waals surface area contributed by atoms with Gasteiger partial charge in [-0.05, 0) is 5.56 Å². The molecule has 1 fully saturated rings. The lowest BCUT2D eigenvalue weighted by Gasteiger charge is -2.18. The molecular weight excluding hydrogens is 270 g/mol. The first-order valence-corrected chi connectivity index (χ1v) is 8.00. The molecule has 0 spiro atoms. The van der Waals surface area contributed by atoms with Crippen LogP contribution in [0.4, 0.5) is 0 Å². The summed E-state index contributed by atoms with van der Waals surface area (Å²) < 4.78 is 27.3. The molecule has 0 saturated carbocycles. The van der Waals surface area contributed by atoms with Gasteiger partial charge in [-0.2, -0.15) is 8.42 Å². The molecule has 2 rings (SSSR count). The average Bonchev–Trinajstić information content (AvgIpc) is 2.77. The third kappa shape index (κ3) is 3.51. The van der Waals surface area contributed by atoms with Crippen LogP contribution in [0.15, 0.2) is 40.8 Å². The molecule has 1 aliphatic heterocycles. The van der Waals surface area contributed by atoms with Crippen molar-refractivity contribution in [1.82, 2.24) is 4.90 Å². The van der Waals surface area contributed by atoms with E-state index in [-0.39, 0.29) is 0 Å². The second-order valence-electron chi connectivity index (χ2n) is 3.87. The van der Waals surface area contributed by atoms with Gasteiger partial charge in [-0.25, -0.2) is 0 Å². The number of benzene rings is 1. The first kappa shape index (κ1) is 13.5.